The molecule has 4 rings (SSSR count). The SMILES string of the molecule is CNC(=O)N1N=C(c2ccc(N(C)C3CCN(C(=O)OC(C)(C)C)CC3)cc2)c2cc(OC)c(OC)cc2CC1C. The molecule has 10 nitrogen and oxygen atoms in total. The van der Waals surface area contributed by atoms with E-state index in [1.807, 2.05) is 52.0 Å². The van der Waals surface area contributed by atoms with Gasteiger partial charge >= 0.3 is 12.1 Å². The molecular formula is C31H43N5O5. The molecule has 222 valence electrons. The van der Waals surface area contributed by atoms with E-state index in [9.17, 15) is 9.59 Å². The van der Waals surface area contributed by atoms with E-state index in [1.54, 1.807) is 26.2 Å². The van der Waals surface area contributed by atoms with Gasteiger partial charge in [-0.05, 0) is 76.8 Å². The van der Waals surface area contributed by atoms with Crippen LogP contribution in [0.5, 0.6) is 11.5 Å². The summed E-state index contributed by atoms with van der Waals surface area (Å²) in [6.07, 6.45) is 2.08. The summed E-state index contributed by atoms with van der Waals surface area (Å²) in [5.74, 6) is 1.25. The maximum absolute atomic E-state index is 12.8. The molecule has 1 fully saturated rings. The monoisotopic (exact) mass is 565 g/mol. The zero-order valence-corrected chi connectivity index (χ0v) is 25.5. The minimum absolute atomic E-state index is 0.166. The summed E-state index contributed by atoms with van der Waals surface area (Å²) in [5.41, 5.74) is 4.07. The third-order valence-corrected chi connectivity index (χ3v) is 7.64. The number of carbonyl (C=O) groups excluding carboxylic acids is 2. The summed E-state index contributed by atoms with van der Waals surface area (Å²) < 4.78 is 16.7. The predicted octanol–water partition coefficient (Wildman–Crippen LogP) is 4.88. The minimum Gasteiger partial charge on any atom is -0.493 e. The van der Waals surface area contributed by atoms with Gasteiger partial charge in [0, 0.05) is 50.0 Å². The molecule has 0 spiro atoms. The van der Waals surface area contributed by atoms with Crippen LogP contribution in [0.4, 0.5) is 15.3 Å². The van der Waals surface area contributed by atoms with Crippen molar-refractivity contribution < 1.29 is 23.8 Å². The fraction of sp³-hybridized carbons (Fsp3) is 0.516. The number of hydrogen-bond acceptors (Lipinski definition) is 7. The molecule has 0 saturated carbocycles. The molecule has 2 aliphatic heterocycles. The van der Waals surface area contributed by atoms with Gasteiger partial charge in [0.2, 0.25) is 0 Å². The fourth-order valence-corrected chi connectivity index (χ4v) is 5.38. The van der Waals surface area contributed by atoms with Gasteiger partial charge in [-0.2, -0.15) is 5.10 Å². The standard InChI is InChI=1S/C31H43N5O5/c1-20-17-22-18-26(39-7)27(40-8)19-25(22)28(33-36(20)29(37)32-5)21-9-11-23(12-10-21)34(6)24-13-15-35(16-14-24)30(38)41-31(2,3)4/h9-12,18-20,24H,13-17H2,1-8H3,(H,32,37). The molecule has 2 aliphatic rings. The largest absolute Gasteiger partial charge is 0.493 e. The van der Waals surface area contributed by atoms with Crippen LogP contribution in [-0.4, -0.2) is 86.8 Å². The van der Waals surface area contributed by atoms with Gasteiger partial charge in [0.15, 0.2) is 11.5 Å². The van der Waals surface area contributed by atoms with Gasteiger partial charge in [0.25, 0.3) is 0 Å². The number of urea groups is 1. The van der Waals surface area contributed by atoms with E-state index in [1.165, 1.54) is 5.01 Å². The lowest BCUT2D eigenvalue weighted by Gasteiger charge is -2.38. The van der Waals surface area contributed by atoms with Crippen molar-refractivity contribution in [1.82, 2.24) is 15.2 Å². The number of ether oxygens (including phenoxy) is 3. The number of hydrazone groups is 1. The Morgan fingerprint density at radius 2 is 1.63 bits per heavy atom. The van der Waals surface area contributed by atoms with Crippen LogP contribution < -0.4 is 19.7 Å². The Morgan fingerprint density at radius 1 is 1.02 bits per heavy atom. The van der Waals surface area contributed by atoms with Crippen molar-refractivity contribution in [3.8, 4) is 11.5 Å². The van der Waals surface area contributed by atoms with Crippen molar-refractivity contribution in [1.29, 1.82) is 0 Å². The van der Waals surface area contributed by atoms with Crippen LogP contribution in [0, 0.1) is 0 Å². The first-order valence-electron chi connectivity index (χ1n) is 14.1. The molecule has 2 aromatic carbocycles. The third kappa shape index (κ3) is 6.69. The number of nitrogens with zero attached hydrogens (tertiary/aromatic N) is 4. The van der Waals surface area contributed by atoms with Crippen LogP contribution in [0.15, 0.2) is 41.5 Å². The normalized spacial score (nSPS) is 17.7. The molecule has 0 radical (unpaired) electrons. The van der Waals surface area contributed by atoms with Crippen molar-refractivity contribution in [2.45, 2.75) is 64.6 Å². The number of nitrogens with one attached hydrogen (secondary N) is 1. The topological polar surface area (TPSA) is 95.9 Å². The lowest BCUT2D eigenvalue weighted by atomic mass is 9.93. The maximum Gasteiger partial charge on any atom is 0.410 e. The molecule has 2 heterocycles. The molecule has 41 heavy (non-hydrogen) atoms. The van der Waals surface area contributed by atoms with Gasteiger partial charge in [-0.3, -0.25) is 0 Å². The number of hydrogen-bond donors (Lipinski definition) is 1. The van der Waals surface area contributed by atoms with Crippen molar-refractivity contribution in [3.63, 3.8) is 0 Å². The molecule has 3 amide bonds. The molecule has 1 unspecified atom stereocenters. The number of rotatable bonds is 5. The number of piperidine rings is 1. The van der Waals surface area contributed by atoms with Gasteiger partial charge in [0.05, 0.1) is 26.0 Å². The van der Waals surface area contributed by atoms with Gasteiger partial charge in [-0.15, -0.1) is 0 Å². The van der Waals surface area contributed by atoms with Crippen molar-refractivity contribution in [3.05, 3.63) is 53.1 Å². The van der Waals surface area contributed by atoms with Gasteiger partial charge in [-0.1, -0.05) is 12.1 Å². The molecule has 2 aromatic rings. The Labute approximate surface area is 243 Å². The van der Waals surface area contributed by atoms with Crippen LogP contribution >= 0.6 is 0 Å². The van der Waals surface area contributed by atoms with E-state index in [0.29, 0.717) is 42.8 Å². The molecular weight excluding hydrogens is 522 g/mol. The quantitative estimate of drug-likeness (QED) is 0.555. The first-order chi connectivity index (χ1) is 19.4. The molecule has 1 saturated heterocycles. The Balaban J connectivity index is 1.58. The van der Waals surface area contributed by atoms with Crippen LogP contribution in [0.25, 0.3) is 0 Å². The number of carbonyl (C=O) groups is 2. The van der Waals surface area contributed by atoms with E-state index >= 15 is 0 Å². The summed E-state index contributed by atoms with van der Waals surface area (Å²) in [6, 6.07) is 12.0. The molecule has 1 N–H and O–H groups in total. The highest BCUT2D eigenvalue weighted by atomic mass is 16.6. The third-order valence-electron chi connectivity index (χ3n) is 7.64. The van der Waals surface area contributed by atoms with E-state index in [0.717, 1.165) is 35.2 Å². The molecule has 1 atom stereocenters. The summed E-state index contributed by atoms with van der Waals surface area (Å²) in [7, 11) is 6.93. The predicted molar refractivity (Wildman–Crippen MR) is 160 cm³/mol. The zero-order valence-electron chi connectivity index (χ0n) is 25.5. The highest BCUT2D eigenvalue weighted by Gasteiger charge is 2.30. The fourth-order valence-electron chi connectivity index (χ4n) is 5.38. The number of benzene rings is 2. The zero-order chi connectivity index (χ0) is 29.9. The smallest absolute Gasteiger partial charge is 0.410 e. The van der Waals surface area contributed by atoms with E-state index in [2.05, 4.69) is 29.4 Å². The Hall–Kier alpha value is -3.95. The van der Waals surface area contributed by atoms with Crippen molar-refractivity contribution in [2.75, 3.05) is 46.3 Å². The lowest BCUT2D eigenvalue weighted by Crippen LogP contribution is -2.47. The number of anilines is 1. The van der Waals surface area contributed by atoms with E-state index in [-0.39, 0.29) is 18.2 Å². The summed E-state index contributed by atoms with van der Waals surface area (Å²) >= 11 is 0. The Bertz CT molecular complexity index is 1280. The number of fused-ring (bicyclic) bond motifs is 1. The highest BCUT2D eigenvalue weighted by molar-refractivity contribution is 6.14. The first kappa shape index (κ1) is 30.0. The van der Waals surface area contributed by atoms with Crippen molar-refractivity contribution in [2.24, 2.45) is 5.10 Å². The average Bonchev–Trinajstić information content (AvgIpc) is 3.10. The number of methoxy groups -OCH3 is 2. The molecule has 0 bridgehead atoms. The van der Waals surface area contributed by atoms with Gasteiger partial charge in [-0.25, -0.2) is 14.6 Å². The van der Waals surface area contributed by atoms with Gasteiger partial charge < -0.3 is 29.3 Å². The molecule has 10 heteroatoms. The van der Waals surface area contributed by atoms with Gasteiger partial charge in [0.1, 0.15) is 5.60 Å². The van der Waals surface area contributed by atoms with E-state index in [4.69, 9.17) is 19.3 Å². The number of likely N-dealkylation sites (tertiary alicyclic amines) is 1. The second-order valence-corrected chi connectivity index (χ2v) is 11.6. The summed E-state index contributed by atoms with van der Waals surface area (Å²) in [6.45, 7) is 8.96. The molecule has 0 aromatic heterocycles. The number of amides is 3. The summed E-state index contributed by atoms with van der Waals surface area (Å²) in [5, 5.41) is 9.08. The van der Waals surface area contributed by atoms with Crippen LogP contribution in [0.1, 0.15) is 57.2 Å². The molecule has 0 aliphatic carbocycles. The Morgan fingerprint density at radius 3 is 2.20 bits per heavy atom. The van der Waals surface area contributed by atoms with Crippen LogP contribution in [0.3, 0.4) is 0 Å². The van der Waals surface area contributed by atoms with Crippen LogP contribution in [-0.2, 0) is 11.2 Å². The summed E-state index contributed by atoms with van der Waals surface area (Å²) in [4.78, 5) is 29.3. The second kappa shape index (κ2) is 12.3. The van der Waals surface area contributed by atoms with Crippen LogP contribution in [0.2, 0.25) is 0 Å². The first-order valence-corrected chi connectivity index (χ1v) is 14.1. The highest BCUT2D eigenvalue weighted by Crippen LogP contribution is 2.35. The average molecular weight is 566 g/mol. The second-order valence-electron chi connectivity index (χ2n) is 11.6. The van der Waals surface area contributed by atoms with E-state index < -0.39 is 5.60 Å². The lowest BCUT2D eigenvalue weighted by molar-refractivity contribution is 0.0205. The maximum atomic E-state index is 12.8. The minimum atomic E-state index is -0.499. The Kier molecular flexibility index (Phi) is 8.99. The van der Waals surface area contributed by atoms with Crippen molar-refractivity contribution >= 4 is 23.5 Å².